The van der Waals surface area contributed by atoms with Gasteiger partial charge in [0.25, 0.3) is 5.91 Å². The zero-order valence-electron chi connectivity index (χ0n) is 12.7. The van der Waals surface area contributed by atoms with Crippen LogP contribution in [0.5, 0.6) is 0 Å². The first-order valence-electron chi connectivity index (χ1n) is 7.56. The molecule has 0 spiro atoms. The number of rotatable bonds is 5. The third kappa shape index (κ3) is 3.70. The maximum absolute atomic E-state index is 12.2. The van der Waals surface area contributed by atoms with Crippen LogP contribution >= 0.6 is 0 Å². The van der Waals surface area contributed by atoms with Gasteiger partial charge in [0.2, 0.25) is 0 Å². The lowest BCUT2D eigenvalue weighted by Gasteiger charge is -2.32. The Morgan fingerprint density at radius 1 is 1.45 bits per heavy atom. The predicted molar refractivity (Wildman–Crippen MR) is 80.2 cm³/mol. The van der Waals surface area contributed by atoms with Gasteiger partial charge in [-0.1, -0.05) is 5.21 Å². The molecule has 1 atom stereocenters. The highest BCUT2D eigenvalue weighted by Gasteiger charge is 2.22. The monoisotopic (exact) mass is 303 g/mol. The molecular formula is C14H21N7O. The Kier molecular flexibility index (Phi) is 4.47. The lowest BCUT2D eigenvalue weighted by molar-refractivity contribution is 0.0901. The number of carbonyl (C=O) groups is 1. The van der Waals surface area contributed by atoms with Gasteiger partial charge in [0.1, 0.15) is 0 Å². The topological polar surface area (TPSA) is 80.9 Å². The fraction of sp³-hybridized carbons (Fsp3) is 0.571. The molecule has 0 radical (unpaired) electrons. The van der Waals surface area contributed by atoms with E-state index in [9.17, 15) is 4.79 Å². The summed E-state index contributed by atoms with van der Waals surface area (Å²) in [7, 11) is 1.81. The average Bonchev–Trinajstić information content (AvgIpc) is 3.17. The molecule has 22 heavy (non-hydrogen) atoms. The highest BCUT2D eigenvalue weighted by molar-refractivity contribution is 5.93. The molecule has 1 aliphatic heterocycles. The van der Waals surface area contributed by atoms with Gasteiger partial charge in [-0.25, -0.2) is 0 Å². The quantitative estimate of drug-likeness (QED) is 0.834. The van der Waals surface area contributed by atoms with E-state index in [0.717, 1.165) is 39.0 Å². The Morgan fingerprint density at radius 2 is 2.36 bits per heavy atom. The molecule has 0 bridgehead atoms. The van der Waals surface area contributed by atoms with Crippen LogP contribution in [0.2, 0.25) is 0 Å². The number of hydrogen-bond acceptors (Lipinski definition) is 5. The normalized spacial score (nSPS) is 19.2. The summed E-state index contributed by atoms with van der Waals surface area (Å²) in [4.78, 5) is 14.5. The van der Waals surface area contributed by atoms with Gasteiger partial charge >= 0.3 is 0 Å². The molecule has 1 N–H and O–H groups in total. The third-order valence-electron chi connectivity index (χ3n) is 3.93. The van der Waals surface area contributed by atoms with Crippen LogP contribution in [-0.2, 0) is 13.6 Å². The maximum atomic E-state index is 12.2. The van der Waals surface area contributed by atoms with E-state index in [1.165, 1.54) is 0 Å². The second kappa shape index (κ2) is 6.69. The van der Waals surface area contributed by atoms with Gasteiger partial charge in [0.15, 0.2) is 0 Å². The van der Waals surface area contributed by atoms with Crippen molar-refractivity contribution in [2.75, 3.05) is 19.6 Å². The number of amides is 1. The molecule has 2 aromatic rings. The second-order valence-electron chi connectivity index (χ2n) is 5.68. The molecule has 0 aromatic carbocycles. The van der Waals surface area contributed by atoms with Gasteiger partial charge in [0, 0.05) is 38.6 Å². The van der Waals surface area contributed by atoms with E-state index in [4.69, 9.17) is 0 Å². The summed E-state index contributed by atoms with van der Waals surface area (Å²) in [5, 5.41) is 14.9. The summed E-state index contributed by atoms with van der Waals surface area (Å²) in [5.74, 6) is -0.0452. The molecule has 3 heterocycles. The summed E-state index contributed by atoms with van der Waals surface area (Å²) < 4.78 is 3.47. The van der Waals surface area contributed by atoms with Crippen molar-refractivity contribution in [3.63, 3.8) is 0 Å². The van der Waals surface area contributed by atoms with E-state index in [-0.39, 0.29) is 11.9 Å². The number of aromatic nitrogens is 5. The molecule has 2 aromatic heterocycles. The Balaban J connectivity index is 1.48. The van der Waals surface area contributed by atoms with Gasteiger partial charge < -0.3 is 5.32 Å². The summed E-state index contributed by atoms with van der Waals surface area (Å²) >= 11 is 0. The molecular weight excluding hydrogens is 282 g/mol. The minimum atomic E-state index is -0.0452. The smallest absolute Gasteiger partial charge is 0.254 e. The van der Waals surface area contributed by atoms with Crippen LogP contribution in [-0.4, -0.2) is 61.3 Å². The van der Waals surface area contributed by atoms with Crippen LogP contribution in [0, 0.1) is 0 Å². The van der Waals surface area contributed by atoms with Crippen molar-refractivity contribution in [2.45, 2.75) is 25.4 Å². The van der Waals surface area contributed by atoms with E-state index in [1.54, 1.807) is 23.3 Å². The van der Waals surface area contributed by atoms with E-state index in [0.29, 0.717) is 5.56 Å². The SMILES string of the molecule is Cn1cc(C(=O)NC2CCCN(CCn3ccnn3)C2)cn1. The number of hydrogen-bond donors (Lipinski definition) is 1. The molecule has 0 aliphatic carbocycles. The zero-order chi connectivity index (χ0) is 15.4. The van der Waals surface area contributed by atoms with Crippen molar-refractivity contribution in [3.05, 3.63) is 30.4 Å². The molecule has 1 unspecified atom stereocenters. The van der Waals surface area contributed by atoms with Crippen molar-refractivity contribution < 1.29 is 4.79 Å². The van der Waals surface area contributed by atoms with Crippen molar-refractivity contribution in [2.24, 2.45) is 7.05 Å². The number of piperidine rings is 1. The van der Waals surface area contributed by atoms with Crippen LogP contribution in [0.3, 0.4) is 0 Å². The van der Waals surface area contributed by atoms with Gasteiger partial charge in [-0.3, -0.25) is 19.1 Å². The molecule has 1 aliphatic rings. The third-order valence-corrected chi connectivity index (χ3v) is 3.93. The number of aryl methyl sites for hydroxylation is 1. The van der Waals surface area contributed by atoms with Crippen LogP contribution in [0.1, 0.15) is 23.2 Å². The fourth-order valence-corrected chi connectivity index (χ4v) is 2.78. The maximum Gasteiger partial charge on any atom is 0.254 e. The summed E-state index contributed by atoms with van der Waals surface area (Å²) in [5.41, 5.74) is 0.613. The summed E-state index contributed by atoms with van der Waals surface area (Å²) in [6, 6.07) is 0.192. The molecule has 1 saturated heterocycles. The Morgan fingerprint density at radius 3 is 3.09 bits per heavy atom. The number of nitrogens with one attached hydrogen (secondary N) is 1. The number of likely N-dealkylation sites (tertiary alicyclic amines) is 1. The van der Waals surface area contributed by atoms with Crippen LogP contribution in [0.15, 0.2) is 24.8 Å². The van der Waals surface area contributed by atoms with Gasteiger partial charge in [-0.05, 0) is 19.4 Å². The standard InChI is InChI=1S/C14H21N7O/c1-19-10-12(9-16-19)14(22)17-13-3-2-5-20(11-13)7-8-21-6-4-15-18-21/h4,6,9-10,13H,2-3,5,7-8,11H2,1H3,(H,17,22). The predicted octanol–water partition coefficient (Wildman–Crippen LogP) is -0.0940. The molecule has 1 fully saturated rings. The number of nitrogens with zero attached hydrogens (tertiary/aromatic N) is 6. The molecule has 118 valence electrons. The van der Waals surface area contributed by atoms with Crippen molar-refractivity contribution in [3.8, 4) is 0 Å². The molecule has 8 nitrogen and oxygen atoms in total. The Labute approximate surface area is 129 Å². The first-order valence-corrected chi connectivity index (χ1v) is 7.56. The Hall–Kier alpha value is -2.22. The van der Waals surface area contributed by atoms with Crippen molar-refractivity contribution in [1.29, 1.82) is 0 Å². The van der Waals surface area contributed by atoms with E-state index in [1.807, 2.05) is 17.9 Å². The molecule has 0 saturated carbocycles. The fourth-order valence-electron chi connectivity index (χ4n) is 2.78. The average molecular weight is 303 g/mol. The number of carbonyl (C=O) groups excluding carboxylic acids is 1. The summed E-state index contributed by atoms with van der Waals surface area (Å²) in [6.45, 7) is 3.68. The van der Waals surface area contributed by atoms with Crippen molar-refractivity contribution >= 4 is 5.91 Å². The van der Waals surface area contributed by atoms with Crippen LogP contribution < -0.4 is 5.32 Å². The highest BCUT2D eigenvalue weighted by atomic mass is 16.1. The van der Waals surface area contributed by atoms with Gasteiger partial charge in [-0.15, -0.1) is 5.10 Å². The summed E-state index contributed by atoms with van der Waals surface area (Å²) in [6.07, 6.45) is 9.00. The van der Waals surface area contributed by atoms with Gasteiger partial charge in [-0.2, -0.15) is 5.10 Å². The minimum absolute atomic E-state index is 0.0452. The van der Waals surface area contributed by atoms with Crippen LogP contribution in [0.25, 0.3) is 0 Å². The first-order chi connectivity index (χ1) is 10.7. The van der Waals surface area contributed by atoms with E-state index < -0.39 is 0 Å². The van der Waals surface area contributed by atoms with Crippen LogP contribution in [0.4, 0.5) is 0 Å². The van der Waals surface area contributed by atoms with Gasteiger partial charge in [0.05, 0.1) is 24.5 Å². The lowest BCUT2D eigenvalue weighted by atomic mass is 10.1. The largest absolute Gasteiger partial charge is 0.348 e. The Bertz CT molecular complexity index is 606. The van der Waals surface area contributed by atoms with E-state index >= 15 is 0 Å². The minimum Gasteiger partial charge on any atom is -0.348 e. The molecule has 3 rings (SSSR count). The van der Waals surface area contributed by atoms with Crippen molar-refractivity contribution in [1.82, 2.24) is 35.0 Å². The highest BCUT2D eigenvalue weighted by Crippen LogP contribution is 2.11. The zero-order valence-corrected chi connectivity index (χ0v) is 12.7. The lowest BCUT2D eigenvalue weighted by Crippen LogP contribution is -2.48. The molecule has 1 amide bonds. The first kappa shape index (κ1) is 14.7. The van der Waals surface area contributed by atoms with E-state index in [2.05, 4.69) is 25.6 Å². The molecule has 8 heteroatoms. The second-order valence-corrected chi connectivity index (χ2v) is 5.68.